The Labute approximate surface area is 137 Å². The average Bonchev–Trinajstić information content (AvgIpc) is 2.58. The van der Waals surface area contributed by atoms with Gasteiger partial charge in [0.25, 0.3) is 0 Å². The first-order valence-electron chi connectivity index (χ1n) is 8.36. The molecule has 0 bridgehead atoms. The smallest absolute Gasteiger partial charge is 0.240 e. The number of nitrogens with zero attached hydrogens (tertiary/aromatic N) is 2. The summed E-state index contributed by atoms with van der Waals surface area (Å²) in [6.07, 6.45) is 1.64. The Hall–Kier alpha value is -1.91. The van der Waals surface area contributed by atoms with Crippen LogP contribution >= 0.6 is 0 Å². The number of carbonyl (C=O) groups is 1. The second-order valence-electron chi connectivity index (χ2n) is 6.33. The summed E-state index contributed by atoms with van der Waals surface area (Å²) in [7, 11) is 2.01. The molecule has 1 fully saturated rings. The van der Waals surface area contributed by atoms with E-state index < -0.39 is 0 Å². The van der Waals surface area contributed by atoms with Gasteiger partial charge in [0.05, 0.1) is 6.04 Å². The van der Waals surface area contributed by atoms with Crippen LogP contribution < -0.4 is 5.73 Å². The van der Waals surface area contributed by atoms with E-state index in [9.17, 15) is 4.79 Å². The van der Waals surface area contributed by atoms with E-state index in [4.69, 9.17) is 5.73 Å². The van der Waals surface area contributed by atoms with Crippen LogP contribution in [0.5, 0.6) is 0 Å². The van der Waals surface area contributed by atoms with Crippen molar-refractivity contribution in [3.8, 4) is 0 Å². The SMILES string of the molecule is CN1CCN(CCc2ccc3ccccc3c2)C(=O)[C@@H]1CCN. The molecular formula is C19H25N3O. The van der Waals surface area contributed by atoms with Crippen LogP contribution in [0.15, 0.2) is 42.5 Å². The molecule has 4 nitrogen and oxygen atoms in total. The van der Waals surface area contributed by atoms with Crippen molar-refractivity contribution in [2.45, 2.75) is 18.9 Å². The van der Waals surface area contributed by atoms with Gasteiger partial charge in [0.2, 0.25) is 5.91 Å². The van der Waals surface area contributed by atoms with Gasteiger partial charge in [-0.05, 0) is 42.8 Å². The average molecular weight is 311 g/mol. The Morgan fingerprint density at radius 1 is 1.13 bits per heavy atom. The summed E-state index contributed by atoms with van der Waals surface area (Å²) in [5, 5.41) is 2.52. The summed E-state index contributed by atoms with van der Waals surface area (Å²) >= 11 is 0. The van der Waals surface area contributed by atoms with Crippen LogP contribution in [0.4, 0.5) is 0 Å². The number of hydrogen-bond acceptors (Lipinski definition) is 3. The molecule has 4 heteroatoms. The van der Waals surface area contributed by atoms with Crippen LogP contribution in [-0.2, 0) is 11.2 Å². The zero-order valence-electron chi connectivity index (χ0n) is 13.7. The lowest BCUT2D eigenvalue weighted by Gasteiger charge is -2.38. The molecule has 1 heterocycles. The molecule has 0 saturated carbocycles. The molecule has 1 aliphatic rings. The standard InChI is InChI=1S/C19H25N3O/c1-21-12-13-22(19(23)18(21)8-10-20)11-9-15-6-7-16-4-2-3-5-17(16)14-15/h2-7,14,18H,8-13,20H2,1H3/t18-/m0/s1. The van der Waals surface area contributed by atoms with E-state index >= 15 is 0 Å². The van der Waals surface area contributed by atoms with E-state index in [1.807, 2.05) is 11.9 Å². The van der Waals surface area contributed by atoms with Crippen molar-refractivity contribution < 1.29 is 4.79 Å². The lowest BCUT2D eigenvalue weighted by Crippen LogP contribution is -2.56. The highest BCUT2D eigenvalue weighted by atomic mass is 16.2. The topological polar surface area (TPSA) is 49.6 Å². The second-order valence-corrected chi connectivity index (χ2v) is 6.33. The van der Waals surface area contributed by atoms with Crippen molar-refractivity contribution in [2.75, 3.05) is 33.2 Å². The number of likely N-dealkylation sites (N-methyl/N-ethyl adjacent to an activating group) is 1. The Morgan fingerprint density at radius 2 is 1.91 bits per heavy atom. The van der Waals surface area contributed by atoms with Crippen molar-refractivity contribution in [3.05, 3.63) is 48.0 Å². The summed E-state index contributed by atoms with van der Waals surface area (Å²) in [6, 6.07) is 14.9. The molecule has 0 aliphatic carbocycles. The van der Waals surface area contributed by atoms with E-state index in [0.717, 1.165) is 32.5 Å². The zero-order chi connectivity index (χ0) is 16.2. The largest absolute Gasteiger partial charge is 0.340 e. The first-order chi connectivity index (χ1) is 11.2. The highest BCUT2D eigenvalue weighted by Crippen LogP contribution is 2.17. The van der Waals surface area contributed by atoms with Gasteiger partial charge in [-0.3, -0.25) is 9.69 Å². The molecule has 2 N–H and O–H groups in total. The third-order valence-corrected chi connectivity index (χ3v) is 4.78. The van der Waals surface area contributed by atoms with Crippen molar-refractivity contribution in [3.63, 3.8) is 0 Å². The fraction of sp³-hybridized carbons (Fsp3) is 0.421. The number of rotatable bonds is 5. The summed E-state index contributed by atoms with van der Waals surface area (Å²) in [4.78, 5) is 16.7. The van der Waals surface area contributed by atoms with Gasteiger partial charge < -0.3 is 10.6 Å². The summed E-state index contributed by atoms with van der Waals surface area (Å²) in [5.41, 5.74) is 6.93. The van der Waals surface area contributed by atoms with Crippen LogP contribution in [-0.4, -0.2) is 55.0 Å². The molecule has 0 spiro atoms. The third-order valence-electron chi connectivity index (χ3n) is 4.78. The van der Waals surface area contributed by atoms with E-state index in [1.54, 1.807) is 0 Å². The predicted octanol–water partition coefficient (Wildman–Crippen LogP) is 1.87. The number of hydrogen-bond donors (Lipinski definition) is 1. The Kier molecular flexibility index (Phi) is 4.94. The van der Waals surface area contributed by atoms with Gasteiger partial charge in [0.1, 0.15) is 0 Å². The minimum atomic E-state index is -0.0506. The van der Waals surface area contributed by atoms with Gasteiger partial charge in [-0.2, -0.15) is 0 Å². The third kappa shape index (κ3) is 3.54. The van der Waals surface area contributed by atoms with Gasteiger partial charge in [-0.15, -0.1) is 0 Å². The monoisotopic (exact) mass is 311 g/mol. The van der Waals surface area contributed by atoms with Crippen molar-refractivity contribution in [1.29, 1.82) is 0 Å². The van der Waals surface area contributed by atoms with E-state index in [2.05, 4.69) is 47.4 Å². The molecular weight excluding hydrogens is 286 g/mol. The minimum absolute atomic E-state index is 0.0506. The van der Waals surface area contributed by atoms with Crippen LogP contribution in [0.3, 0.4) is 0 Å². The molecule has 0 unspecified atom stereocenters. The van der Waals surface area contributed by atoms with Crippen molar-refractivity contribution in [1.82, 2.24) is 9.80 Å². The Balaban J connectivity index is 1.65. The molecule has 2 aromatic rings. The molecule has 1 amide bonds. The quantitative estimate of drug-likeness (QED) is 0.917. The molecule has 0 radical (unpaired) electrons. The molecule has 1 saturated heterocycles. The first-order valence-corrected chi connectivity index (χ1v) is 8.36. The Bertz CT molecular complexity index is 685. The van der Waals surface area contributed by atoms with Gasteiger partial charge in [-0.1, -0.05) is 42.5 Å². The van der Waals surface area contributed by atoms with Gasteiger partial charge >= 0.3 is 0 Å². The summed E-state index contributed by atoms with van der Waals surface area (Å²) < 4.78 is 0. The number of nitrogens with two attached hydrogens (primary N) is 1. The normalized spacial score (nSPS) is 19.5. The number of piperazine rings is 1. The highest BCUT2D eigenvalue weighted by molar-refractivity contribution is 5.83. The zero-order valence-corrected chi connectivity index (χ0v) is 13.7. The van der Waals surface area contributed by atoms with Crippen LogP contribution in [0.2, 0.25) is 0 Å². The van der Waals surface area contributed by atoms with E-state index in [1.165, 1.54) is 16.3 Å². The molecule has 23 heavy (non-hydrogen) atoms. The summed E-state index contributed by atoms with van der Waals surface area (Å²) in [6.45, 7) is 3.07. The van der Waals surface area contributed by atoms with Crippen LogP contribution in [0.1, 0.15) is 12.0 Å². The molecule has 2 aromatic carbocycles. The fourth-order valence-corrected chi connectivity index (χ4v) is 3.33. The van der Waals surface area contributed by atoms with Gasteiger partial charge in [0.15, 0.2) is 0 Å². The lowest BCUT2D eigenvalue weighted by atomic mass is 10.0. The molecule has 122 valence electrons. The summed E-state index contributed by atoms with van der Waals surface area (Å²) in [5.74, 6) is 0.227. The van der Waals surface area contributed by atoms with Gasteiger partial charge in [-0.25, -0.2) is 0 Å². The lowest BCUT2D eigenvalue weighted by molar-refractivity contribution is -0.141. The van der Waals surface area contributed by atoms with Gasteiger partial charge in [0, 0.05) is 19.6 Å². The maximum absolute atomic E-state index is 12.6. The maximum Gasteiger partial charge on any atom is 0.240 e. The Morgan fingerprint density at radius 3 is 2.70 bits per heavy atom. The first kappa shape index (κ1) is 16.0. The predicted molar refractivity (Wildman–Crippen MR) is 94.3 cm³/mol. The number of fused-ring (bicyclic) bond motifs is 1. The molecule has 1 atom stereocenters. The number of benzene rings is 2. The molecule has 0 aromatic heterocycles. The fourth-order valence-electron chi connectivity index (χ4n) is 3.33. The van der Waals surface area contributed by atoms with Crippen LogP contribution in [0.25, 0.3) is 10.8 Å². The van der Waals surface area contributed by atoms with E-state index in [0.29, 0.717) is 6.54 Å². The maximum atomic E-state index is 12.6. The van der Waals surface area contributed by atoms with Crippen molar-refractivity contribution in [2.24, 2.45) is 5.73 Å². The van der Waals surface area contributed by atoms with E-state index in [-0.39, 0.29) is 11.9 Å². The second kappa shape index (κ2) is 7.11. The number of carbonyl (C=O) groups excluding carboxylic acids is 1. The minimum Gasteiger partial charge on any atom is -0.340 e. The molecule has 1 aliphatic heterocycles. The van der Waals surface area contributed by atoms with Crippen molar-refractivity contribution >= 4 is 16.7 Å². The highest BCUT2D eigenvalue weighted by Gasteiger charge is 2.31. The molecule has 3 rings (SSSR count). The van der Waals surface area contributed by atoms with Crippen LogP contribution in [0, 0.1) is 0 Å². The number of amides is 1.